The Labute approximate surface area is 297 Å². The van der Waals surface area contributed by atoms with Gasteiger partial charge in [0.2, 0.25) is 0 Å². The molecule has 4 N–H and O–H groups in total. The van der Waals surface area contributed by atoms with Crippen LogP contribution in [-0.4, -0.2) is 54.3 Å². The molecule has 2 aromatic carbocycles. The second kappa shape index (κ2) is 16.3. The highest BCUT2D eigenvalue weighted by Crippen LogP contribution is 2.54. The van der Waals surface area contributed by atoms with Gasteiger partial charge in [-0.25, -0.2) is 4.98 Å². The van der Waals surface area contributed by atoms with Crippen molar-refractivity contribution in [2.24, 2.45) is 11.8 Å². The van der Waals surface area contributed by atoms with Crippen LogP contribution < -0.4 is 20.3 Å². The number of carbonyl (C=O) groups excluding carboxylic acids is 2. The maximum Gasteiger partial charge on any atom is 0.163 e. The van der Waals surface area contributed by atoms with Crippen molar-refractivity contribution < 1.29 is 24.3 Å². The fourth-order valence-corrected chi connectivity index (χ4v) is 11.1. The molecule has 0 saturated heterocycles. The van der Waals surface area contributed by atoms with Crippen LogP contribution in [0.15, 0.2) is 73.2 Å². The molecular weight excluding hydrogens is 653 g/mol. The lowest BCUT2D eigenvalue weighted by atomic mass is 9.78. The summed E-state index contributed by atoms with van der Waals surface area (Å²) < 4.78 is 5.17. The summed E-state index contributed by atoms with van der Waals surface area (Å²) in [6.07, 6.45) is 14.0. The lowest BCUT2D eigenvalue weighted by Gasteiger charge is -2.44. The Balaban J connectivity index is 1.45. The SMILES string of the molecule is CCC1CCC(=O)CC(=O)C=Cc2cc(OC)c(O)cc2Cc2cnc3c(c2)C(C[NH+]2C=CNC2)(SSC1)C(CCc1ccccc1)CN3. The summed E-state index contributed by atoms with van der Waals surface area (Å²) in [6.45, 7) is 4.78. The molecule has 0 amide bonds. The number of hydrogen-bond acceptors (Lipinski definition) is 9. The number of ether oxygens (including phenoxy) is 1. The molecule has 258 valence electrons. The summed E-state index contributed by atoms with van der Waals surface area (Å²) in [6, 6.07) is 16.5. The maximum atomic E-state index is 12.9. The van der Waals surface area contributed by atoms with Crippen LogP contribution in [-0.2, 0) is 27.2 Å². The number of carbonyl (C=O) groups is 2. The van der Waals surface area contributed by atoms with Gasteiger partial charge in [0.15, 0.2) is 24.0 Å². The Morgan fingerprint density at radius 1 is 1.12 bits per heavy atom. The van der Waals surface area contributed by atoms with Crippen LogP contribution >= 0.6 is 21.6 Å². The zero-order valence-corrected chi connectivity index (χ0v) is 30.0. The van der Waals surface area contributed by atoms with Gasteiger partial charge in [0.25, 0.3) is 0 Å². The van der Waals surface area contributed by atoms with E-state index >= 15 is 0 Å². The summed E-state index contributed by atoms with van der Waals surface area (Å²) in [5, 5.41) is 17.9. The van der Waals surface area contributed by atoms with Crippen LogP contribution in [0.4, 0.5) is 5.82 Å². The molecule has 4 atom stereocenters. The van der Waals surface area contributed by atoms with Gasteiger partial charge in [0.1, 0.15) is 29.1 Å². The van der Waals surface area contributed by atoms with Gasteiger partial charge in [-0.2, -0.15) is 0 Å². The zero-order chi connectivity index (χ0) is 34.2. The van der Waals surface area contributed by atoms with Gasteiger partial charge in [0.05, 0.1) is 19.7 Å². The van der Waals surface area contributed by atoms with Crippen molar-refractivity contribution >= 4 is 45.0 Å². The first-order valence-corrected chi connectivity index (χ1v) is 19.6. The van der Waals surface area contributed by atoms with Crippen LogP contribution in [0.25, 0.3) is 6.08 Å². The number of aromatic nitrogens is 1. The molecule has 1 aromatic heterocycles. The fraction of sp³-hybridized carbons (Fsp3) is 0.410. The molecule has 0 spiro atoms. The van der Waals surface area contributed by atoms with Crippen LogP contribution in [0.5, 0.6) is 11.5 Å². The van der Waals surface area contributed by atoms with Crippen molar-refractivity contribution in [2.45, 2.75) is 56.6 Å². The van der Waals surface area contributed by atoms with E-state index in [9.17, 15) is 14.7 Å². The van der Waals surface area contributed by atoms with Crippen molar-refractivity contribution in [3.63, 3.8) is 0 Å². The van der Waals surface area contributed by atoms with Crippen LogP contribution in [0.3, 0.4) is 0 Å². The quantitative estimate of drug-likeness (QED) is 0.177. The number of allylic oxidation sites excluding steroid dienone is 1. The number of Topliss-reactive ketones (excluding diaryl/α,β-unsaturated/α-hetero) is 1. The molecule has 4 unspecified atom stereocenters. The largest absolute Gasteiger partial charge is 0.504 e. The van der Waals surface area contributed by atoms with E-state index in [0.29, 0.717) is 30.4 Å². The highest BCUT2D eigenvalue weighted by atomic mass is 33.1. The Bertz CT molecular complexity index is 1700. The lowest BCUT2D eigenvalue weighted by Crippen LogP contribution is -3.09. The number of phenolic OH excluding ortho intramolecular Hbond substituents is 1. The molecule has 0 fully saturated rings. The fourth-order valence-electron chi connectivity index (χ4n) is 7.11. The first-order chi connectivity index (χ1) is 23.9. The van der Waals surface area contributed by atoms with Crippen LogP contribution in [0.1, 0.15) is 66.8 Å². The molecule has 6 rings (SSSR count). The molecule has 3 aliphatic heterocycles. The summed E-state index contributed by atoms with van der Waals surface area (Å²) in [4.78, 5) is 32.2. The van der Waals surface area contributed by atoms with Gasteiger partial charge < -0.3 is 20.5 Å². The third-order valence-corrected chi connectivity index (χ3v) is 13.4. The summed E-state index contributed by atoms with van der Waals surface area (Å²) in [5.74, 6) is 2.70. The van der Waals surface area contributed by atoms with E-state index in [1.807, 2.05) is 27.8 Å². The summed E-state index contributed by atoms with van der Waals surface area (Å²) in [5.41, 5.74) is 5.19. The average molecular weight is 700 g/mol. The monoisotopic (exact) mass is 699 g/mol. The molecule has 10 heteroatoms. The number of aryl methyl sites for hydroxylation is 1. The minimum atomic E-state index is -0.245. The van der Waals surface area contributed by atoms with E-state index in [1.165, 1.54) is 29.2 Å². The number of hydrogen-bond donors (Lipinski definition) is 4. The molecule has 3 aromatic rings. The Hall–Kier alpha value is -3.73. The third-order valence-electron chi connectivity index (χ3n) is 10.0. The number of aromatic hydroxyl groups is 1. The standard InChI is InChI=1S/C39H46N4O4S2/c1-3-27-10-13-33(44)21-34(45)14-11-30-20-37(47-2)36(46)19-31(30)17-29-18-35-38(41-22-29)42-23-32(12-9-28-7-5-4-6-8-28)39(35,49-48-24-27)25-43-16-15-40-26-43/h4-8,11,14-16,18-20,22,27,32,40,46H,3,9-10,12-13,17,21,23-26H2,1-2H3,(H,41,42)/p+1. The number of phenols is 1. The molecular formula is C39H47N4O4S2+. The number of ketones is 2. The second-order valence-electron chi connectivity index (χ2n) is 13.4. The first kappa shape index (κ1) is 35.1. The number of nitrogens with zero attached hydrogens (tertiary/aromatic N) is 1. The molecule has 49 heavy (non-hydrogen) atoms. The summed E-state index contributed by atoms with van der Waals surface area (Å²) >= 11 is 0. The molecule has 0 aliphatic carbocycles. The van der Waals surface area contributed by atoms with Gasteiger partial charge in [-0.1, -0.05) is 71.3 Å². The van der Waals surface area contributed by atoms with E-state index in [-0.39, 0.29) is 28.5 Å². The van der Waals surface area contributed by atoms with Gasteiger partial charge >= 0.3 is 0 Å². The van der Waals surface area contributed by atoms with E-state index in [2.05, 4.69) is 66.4 Å². The molecule has 4 heterocycles. The number of anilines is 1. The Kier molecular flexibility index (Phi) is 11.7. The number of benzene rings is 2. The highest BCUT2D eigenvalue weighted by Gasteiger charge is 2.49. The topological polar surface area (TPSA) is 105 Å². The normalized spacial score (nSPS) is 24.3. The zero-order valence-electron chi connectivity index (χ0n) is 28.4. The molecule has 0 saturated carbocycles. The predicted molar refractivity (Wildman–Crippen MR) is 200 cm³/mol. The van der Waals surface area contributed by atoms with Gasteiger partial charge in [0, 0.05) is 36.4 Å². The van der Waals surface area contributed by atoms with E-state index < -0.39 is 0 Å². The molecule has 8 nitrogen and oxygen atoms in total. The molecule has 2 bridgehead atoms. The Morgan fingerprint density at radius 3 is 2.76 bits per heavy atom. The number of methoxy groups -OCH3 is 1. The highest BCUT2D eigenvalue weighted by molar-refractivity contribution is 8.77. The van der Waals surface area contributed by atoms with E-state index in [0.717, 1.165) is 73.7 Å². The predicted octanol–water partition coefficient (Wildman–Crippen LogP) is 5.92. The third kappa shape index (κ3) is 8.53. The molecule has 3 aliphatic rings. The van der Waals surface area contributed by atoms with Crippen molar-refractivity contribution in [1.82, 2.24) is 10.3 Å². The van der Waals surface area contributed by atoms with Crippen molar-refractivity contribution in [2.75, 3.05) is 37.9 Å². The smallest absolute Gasteiger partial charge is 0.163 e. The van der Waals surface area contributed by atoms with Gasteiger partial charge in [-0.15, -0.1) is 0 Å². The van der Waals surface area contributed by atoms with Crippen LogP contribution in [0, 0.1) is 11.8 Å². The first-order valence-electron chi connectivity index (χ1n) is 17.3. The maximum absolute atomic E-state index is 12.9. The average Bonchev–Trinajstić information content (AvgIpc) is 3.62. The van der Waals surface area contributed by atoms with Crippen molar-refractivity contribution in [1.29, 1.82) is 0 Å². The number of pyridine rings is 1. The van der Waals surface area contributed by atoms with Crippen molar-refractivity contribution in [3.05, 3.63) is 101 Å². The second-order valence-corrected chi connectivity index (χ2v) is 16.0. The Morgan fingerprint density at radius 2 is 1.98 bits per heavy atom. The minimum absolute atomic E-state index is 0.0196. The number of nitrogens with one attached hydrogen (secondary N) is 3. The van der Waals surface area contributed by atoms with Gasteiger partial charge in [-0.3, -0.25) is 14.5 Å². The lowest BCUT2D eigenvalue weighted by molar-refractivity contribution is -0.846. The van der Waals surface area contributed by atoms with Crippen molar-refractivity contribution in [3.8, 4) is 11.5 Å². The number of rotatable bonds is 7. The van der Waals surface area contributed by atoms with Gasteiger partial charge in [-0.05, 0) is 78.1 Å². The van der Waals surface area contributed by atoms with E-state index in [4.69, 9.17) is 9.72 Å². The van der Waals surface area contributed by atoms with E-state index in [1.54, 1.807) is 18.2 Å². The summed E-state index contributed by atoms with van der Waals surface area (Å²) in [7, 11) is 5.43. The molecule has 0 radical (unpaired) electrons. The van der Waals surface area contributed by atoms with Crippen LogP contribution in [0.2, 0.25) is 0 Å². The minimum Gasteiger partial charge on any atom is -0.504 e. The number of quaternary nitrogens is 1. The number of fused-ring (bicyclic) bond motifs is 2.